The van der Waals surface area contributed by atoms with Gasteiger partial charge in [-0.3, -0.25) is 4.79 Å². The topological polar surface area (TPSA) is 60.8 Å². The zero-order valence-electron chi connectivity index (χ0n) is 13.9. The van der Waals surface area contributed by atoms with Crippen LogP contribution in [0.25, 0.3) is 11.1 Å². The van der Waals surface area contributed by atoms with Gasteiger partial charge < -0.3 is 15.1 Å². The molecule has 5 heteroatoms. The van der Waals surface area contributed by atoms with Crippen LogP contribution in [0.3, 0.4) is 0 Å². The molecule has 2 rings (SSSR count). The van der Waals surface area contributed by atoms with Crippen molar-refractivity contribution in [1.29, 1.82) is 0 Å². The molecule has 0 aromatic heterocycles. The van der Waals surface area contributed by atoms with Crippen LogP contribution in [0.1, 0.15) is 21.5 Å². The van der Waals surface area contributed by atoms with Crippen LogP contribution in [0, 0.1) is 19.7 Å². The standard InChI is InChI=1S/C19H22FNO3/c1-13-3-4-15(11-14(13)2)16-5-6-17(18(20)12-16)19(24)21(7-9-22)8-10-23/h3-6,11-12,22-23H,7-10H2,1-2H3. The predicted octanol–water partition coefficient (Wildman–Crippen LogP) is 2.54. The number of hydrogen-bond acceptors (Lipinski definition) is 3. The first-order valence-corrected chi connectivity index (χ1v) is 7.86. The summed E-state index contributed by atoms with van der Waals surface area (Å²) in [6, 6.07) is 10.4. The first-order chi connectivity index (χ1) is 11.5. The Morgan fingerprint density at radius 3 is 2.08 bits per heavy atom. The molecule has 128 valence electrons. The van der Waals surface area contributed by atoms with E-state index in [0.29, 0.717) is 5.56 Å². The molecule has 2 aromatic rings. The SMILES string of the molecule is Cc1ccc(-c2ccc(C(=O)N(CCO)CCO)c(F)c2)cc1C. The van der Waals surface area contributed by atoms with E-state index in [-0.39, 0.29) is 31.9 Å². The Kier molecular flexibility index (Phi) is 6.06. The molecule has 0 aliphatic rings. The number of hydrogen-bond donors (Lipinski definition) is 2. The van der Waals surface area contributed by atoms with Crippen LogP contribution in [0.5, 0.6) is 0 Å². The van der Waals surface area contributed by atoms with Crippen molar-refractivity contribution in [3.63, 3.8) is 0 Å². The average molecular weight is 331 g/mol. The summed E-state index contributed by atoms with van der Waals surface area (Å²) in [5, 5.41) is 18.0. The minimum atomic E-state index is -0.614. The van der Waals surface area contributed by atoms with E-state index in [0.717, 1.165) is 16.7 Å². The molecule has 1 amide bonds. The normalized spacial score (nSPS) is 10.7. The van der Waals surface area contributed by atoms with Gasteiger partial charge in [-0.1, -0.05) is 24.3 Å². The first-order valence-electron chi connectivity index (χ1n) is 7.86. The summed E-state index contributed by atoms with van der Waals surface area (Å²) in [5.74, 6) is -1.15. The largest absolute Gasteiger partial charge is 0.395 e. The molecular weight excluding hydrogens is 309 g/mol. The highest BCUT2D eigenvalue weighted by Crippen LogP contribution is 2.24. The second kappa shape index (κ2) is 8.04. The van der Waals surface area contributed by atoms with Crippen molar-refractivity contribution in [2.75, 3.05) is 26.3 Å². The number of nitrogens with zero attached hydrogens (tertiary/aromatic N) is 1. The highest BCUT2D eigenvalue weighted by molar-refractivity contribution is 5.95. The summed E-state index contributed by atoms with van der Waals surface area (Å²) in [6.45, 7) is 3.63. The van der Waals surface area contributed by atoms with E-state index in [9.17, 15) is 9.18 Å². The van der Waals surface area contributed by atoms with Crippen LogP contribution in [0.15, 0.2) is 36.4 Å². The van der Waals surface area contributed by atoms with Crippen molar-refractivity contribution < 1.29 is 19.4 Å². The maximum atomic E-state index is 14.4. The molecule has 2 aromatic carbocycles. The van der Waals surface area contributed by atoms with Gasteiger partial charge in [-0.2, -0.15) is 0 Å². The molecule has 0 saturated carbocycles. The zero-order chi connectivity index (χ0) is 17.7. The van der Waals surface area contributed by atoms with Crippen molar-refractivity contribution >= 4 is 5.91 Å². The minimum Gasteiger partial charge on any atom is -0.395 e. The van der Waals surface area contributed by atoms with Gasteiger partial charge in [0.2, 0.25) is 0 Å². The Morgan fingerprint density at radius 2 is 1.54 bits per heavy atom. The first kappa shape index (κ1) is 18.1. The predicted molar refractivity (Wildman–Crippen MR) is 91.4 cm³/mol. The molecule has 0 saturated heterocycles. The van der Waals surface area contributed by atoms with Crippen molar-refractivity contribution in [3.05, 3.63) is 58.9 Å². The van der Waals surface area contributed by atoms with E-state index in [4.69, 9.17) is 10.2 Å². The third-order valence-electron chi connectivity index (χ3n) is 4.07. The Labute approximate surface area is 141 Å². The number of benzene rings is 2. The zero-order valence-corrected chi connectivity index (χ0v) is 13.9. The highest BCUT2D eigenvalue weighted by atomic mass is 19.1. The van der Waals surface area contributed by atoms with Crippen molar-refractivity contribution in [1.82, 2.24) is 4.90 Å². The van der Waals surface area contributed by atoms with Crippen LogP contribution < -0.4 is 0 Å². The summed E-state index contributed by atoms with van der Waals surface area (Å²) in [7, 11) is 0. The molecule has 4 nitrogen and oxygen atoms in total. The van der Waals surface area contributed by atoms with Gasteiger partial charge in [0.05, 0.1) is 18.8 Å². The average Bonchev–Trinajstić information content (AvgIpc) is 2.56. The van der Waals surface area contributed by atoms with Crippen LogP contribution in [0.4, 0.5) is 4.39 Å². The van der Waals surface area contributed by atoms with Crippen LogP contribution >= 0.6 is 0 Å². The lowest BCUT2D eigenvalue weighted by Crippen LogP contribution is -2.36. The molecule has 0 fully saturated rings. The van der Waals surface area contributed by atoms with Crippen LogP contribution in [-0.2, 0) is 0 Å². The number of aliphatic hydroxyl groups is 2. The van der Waals surface area contributed by atoms with Gasteiger partial charge in [-0.15, -0.1) is 0 Å². The van der Waals surface area contributed by atoms with E-state index in [1.165, 1.54) is 17.0 Å². The maximum Gasteiger partial charge on any atom is 0.256 e. The van der Waals surface area contributed by atoms with E-state index < -0.39 is 11.7 Å². The van der Waals surface area contributed by atoms with E-state index in [1.54, 1.807) is 6.07 Å². The molecule has 0 radical (unpaired) electrons. The fourth-order valence-electron chi connectivity index (χ4n) is 2.52. The van der Waals surface area contributed by atoms with Gasteiger partial charge in [-0.25, -0.2) is 4.39 Å². The second-order valence-electron chi connectivity index (χ2n) is 5.73. The minimum absolute atomic E-state index is 0.0533. The molecule has 0 bridgehead atoms. The third-order valence-corrected chi connectivity index (χ3v) is 4.07. The molecule has 0 aliphatic heterocycles. The Hall–Kier alpha value is -2.24. The molecule has 2 N–H and O–H groups in total. The lowest BCUT2D eigenvalue weighted by atomic mass is 9.99. The number of halogens is 1. The lowest BCUT2D eigenvalue weighted by Gasteiger charge is -2.21. The summed E-state index contributed by atoms with van der Waals surface area (Å²) in [5.41, 5.74) is 3.80. The number of carbonyl (C=O) groups is 1. The van der Waals surface area contributed by atoms with Gasteiger partial charge in [0.25, 0.3) is 5.91 Å². The van der Waals surface area contributed by atoms with Gasteiger partial charge in [0.15, 0.2) is 0 Å². The number of carbonyl (C=O) groups excluding carboxylic acids is 1. The molecule has 0 unspecified atom stereocenters. The summed E-state index contributed by atoms with van der Waals surface area (Å²) < 4.78 is 14.4. The number of amides is 1. The Balaban J connectivity index is 2.31. The highest BCUT2D eigenvalue weighted by Gasteiger charge is 2.19. The summed E-state index contributed by atoms with van der Waals surface area (Å²) in [6.07, 6.45) is 0. The van der Waals surface area contributed by atoms with Gasteiger partial charge in [0.1, 0.15) is 5.82 Å². The molecule has 0 spiro atoms. The van der Waals surface area contributed by atoms with Crippen molar-refractivity contribution in [2.24, 2.45) is 0 Å². The number of aliphatic hydroxyl groups excluding tert-OH is 2. The fraction of sp³-hybridized carbons (Fsp3) is 0.316. The van der Waals surface area contributed by atoms with Crippen LogP contribution in [-0.4, -0.2) is 47.3 Å². The molecule has 24 heavy (non-hydrogen) atoms. The van der Waals surface area contributed by atoms with E-state index in [2.05, 4.69) is 0 Å². The quantitative estimate of drug-likeness (QED) is 0.855. The number of aryl methyl sites for hydroxylation is 2. The van der Waals surface area contributed by atoms with Crippen molar-refractivity contribution in [3.8, 4) is 11.1 Å². The Bertz CT molecular complexity index is 725. The Morgan fingerprint density at radius 1 is 0.958 bits per heavy atom. The molecular formula is C19H22FNO3. The van der Waals surface area contributed by atoms with E-state index >= 15 is 0 Å². The van der Waals surface area contributed by atoms with Gasteiger partial charge in [-0.05, 0) is 48.2 Å². The monoisotopic (exact) mass is 331 g/mol. The smallest absolute Gasteiger partial charge is 0.256 e. The van der Waals surface area contributed by atoms with Crippen molar-refractivity contribution in [2.45, 2.75) is 13.8 Å². The van der Waals surface area contributed by atoms with Crippen LogP contribution in [0.2, 0.25) is 0 Å². The second-order valence-corrected chi connectivity index (χ2v) is 5.73. The molecule has 0 atom stereocenters. The summed E-state index contributed by atoms with van der Waals surface area (Å²) >= 11 is 0. The fourth-order valence-corrected chi connectivity index (χ4v) is 2.52. The molecule has 0 aliphatic carbocycles. The number of rotatable bonds is 6. The van der Waals surface area contributed by atoms with Gasteiger partial charge in [0, 0.05) is 13.1 Å². The maximum absolute atomic E-state index is 14.4. The molecule has 0 heterocycles. The summed E-state index contributed by atoms with van der Waals surface area (Å²) in [4.78, 5) is 13.6. The lowest BCUT2D eigenvalue weighted by molar-refractivity contribution is 0.0680. The van der Waals surface area contributed by atoms with Gasteiger partial charge >= 0.3 is 0 Å². The van der Waals surface area contributed by atoms with E-state index in [1.807, 2.05) is 32.0 Å². The third kappa shape index (κ3) is 3.99.